The zero-order valence-electron chi connectivity index (χ0n) is 49.2. The fourth-order valence-electron chi connectivity index (χ4n) is 11.2. The molecule has 0 bridgehead atoms. The van der Waals surface area contributed by atoms with Crippen LogP contribution in [-0.2, 0) is 34.4 Å². The zero-order valence-corrected chi connectivity index (χ0v) is 50.0. The molecular formula is C64H86F2N8O6S. The summed E-state index contributed by atoms with van der Waals surface area (Å²) in [7, 11) is 5.21. The van der Waals surface area contributed by atoms with E-state index in [2.05, 4.69) is 37.7 Å². The van der Waals surface area contributed by atoms with Crippen molar-refractivity contribution in [3.63, 3.8) is 0 Å². The Balaban J connectivity index is 0.000000326. The molecule has 3 aromatic carbocycles. The number of aryl methyl sites for hydroxylation is 5. The number of likely N-dealkylation sites (N-methyl/N-ethyl adjacent to an activating group) is 1. The van der Waals surface area contributed by atoms with Crippen LogP contribution in [-0.4, -0.2) is 92.9 Å². The average Bonchev–Trinajstić information content (AvgIpc) is 4.04. The van der Waals surface area contributed by atoms with Crippen LogP contribution in [0.1, 0.15) is 164 Å². The lowest BCUT2D eigenvalue weighted by Crippen LogP contribution is -2.44. The molecule has 81 heavy (non-hydrogen) atoms. The van der Waals surface area contributed by atoms with Gasteiger partial charge in [-0.15, -0.1) is 11.3 Å². The Bertz CT molecular complexity index is 3110. The number of rotatable bonds is 25. The van der Waals surface area contributed by atoms with Crippen LogP contribution in [0.25, 0.3) is 32.5 Å². The van der Waals surface area contributed by atoms with Crippen LogP contribution in [0.4, 0.5) is 20.2 Å². The second-order valence-electron chi connectivity index (χ2n) is 23.4. The number of aldehydes is 1. The number of fused-ring (bicyclic) bond motifs is 2. The number of benzene rings is 3. The van der Waals surface area contributed by atoms with Gasteiger partial charge in [-0.3, -0.25) is 24.0 Å². The molecule has 3 N–H and O–H groups in total. The van der Waals surface area contributed by atoms with Gasteiger partial charge in [0, 0.05) is 79.2 Å². The smallest absolute Gasteiger partial charge is 0.264 e. The van der Waals surface area contributed by atoms with Crippen molar-refractivity contribution in [2.24, 2.45) is 12.5 Å². The molecule has 0 aliphatic carbocycles. The summed E-state index contributed by atoms with van der Waals surface area (Å²) >= 11 is 1.63. The fraction of sp³-hybridized carbons (Fsp3) is 0.531. The summed E-state index contributed by atoms with van der Waals surface area (Å²) in [4.78, 5) is 58.1. The minimum absolute atomic E-state index is 0.0122. The predicted molar refractivity (Wildman–Crippen MR) is 322 cm³/mol. The third-order valence-electron chi connectivity index (χ3n) is 16.1. The molecule has 1 saturated heterocycles. The molecule has 17 heteroatoms. The molecule has 0 spiro atoms. The second-order valence-corrected chi connectivity index (χ2v) is 24.2. The van der Waals surface area contributed by atoms with Crippen molar-refractivity contribution >= 4 is 51.7 Å². The van der Waals surface area contributed by atoms with Gasteiger partial charge in [0.25, 0.3) is 12.0 Å². The van der Waals surface area contributed by atoms with Crippen LogP contribution in [0.3, 0.4) is 0 Å². The van der Waals surface area contributed by atoms with E-state index >= 15 is 0 Å². The largest absolute Gasteiger partial charge is 0.497 e. The van der Waals surface area contributed by atoms with Crippen LogP contribution in [0.5, 0.6) is 5.75 Å². The number of ether oxygens (including phenoxy) is 1. The summed E-state index contributed by atoms with van der Waals surface area (Å²) in [5.74, 6) is 0.541. The number of hydrogen-bond acceptors (Lipinski definition) is 11. The Labute approximate surface area is 481 Å². The summed E-state index contributed by atoms with van der Waals surface area (Å²) in [6.07, 6.45) is 17.6. The van der Waals surface area contributed by atoms with Gasteiger partial charge in [0.15, 0.2) is 0 Å². The maximum atomic E-state index is 14.8. The molecule has 2 aliphatic heterocycles. The Hall–Kier alpha value is -6.30. The maximum absolute atomic E-state index is 14.8. The van der Waals surface area contributed by atoms with Crippen molar-refractivity contribution in [3.05, 3.63) is 111 Å². The number of likely N-dealkylation sites (tertiary alicyclic amines) is 1. The lowest BCUT2D eigenvalue weighted by Gasteiger charge is -2.34. The number of aliphatic hydroxyl groups is 1. The van der Waals surface area contributed by atoms with Crippen LogP contribution in [0.2, 0.25) is 0 Å². The number of anilines is 2. The average molecular weight is 1130 g/mol. The van der Waals surface area contributed by atoms with E-state index in [0.717, 1.165) is 102 Å². The van der Waals surface area contributed by atoms with E-state index in [4.69, 9.17) is 4.74 Å². The first-order valence-electron chi connectivity index (χ1n) is 29.1. The molecule has 3 unspecified atom stereocenters. The maximum Gasteiger partial charge on any atom is 0.264 e. The molecule has 3 aromatic heterocycles. The number of carbonyl (C=O) groups is 3. The number of halogens is 2. The number of pyridine rings is 1. The van der Waals surface area contributed by atoms with Gasteiger partial charge >= 0.3 is 0 Å². The van der Waals surface area contributed by atoms with Crippen molar-refractivity contribution in [2.75, 3.05) is 32.1 Å². The van der Waals surface area contributed by atoms with Gasteiger partial charge in [0.1, 0.15) is 12.0 Å². The van der Waals surface area contributed by atoms with Crippen LogP contribution in [0.15, 0.2) is 77.3 Å². The normalized spacial score (nSPS) is 16.2. The van der Waals surface area contributed by atoms with E-state index in [0.29, 0.717) is 48.4 Å². The van der Waals surface area contributed by atoms with Gasteiger partial charge in [-0.05, 0) is 106 Å². The number of alkyl halides is 2. The van der Waals surface area contributed by atoms with E-state index in [-0.39, 0.29) is 40.4 Å². The third kappa shape index (κ3) is 16.5. The molecule has 2 amide bonds. The topological polar surface area (TPSA) is 164 Å². The number of aromatic nitrogens is 4. The molecular weight excluding hydrogens is 1050 g/mol. The number of carbonyl (C=O) groups excluding carboxylic acids is 3. The molecule has 438 valence electrons. The van der Waals surface area contributed by atoms with Gasteiger partial charge in [-0.25, -0.2) is 13.8 Å². The number of thiazole rings is 1. The highest BCUT2D eigenvalue weighted by molar-refractivity contribution is 7.13. The van der Waals surface area contributed by atoms with Crippen molar-refractivity contribution in [3.8, 4) is 27.3 Å². The lowest BCUT2D eigenvalue weighted by molar-refractivity contribution is -0.126. The van der Waals surface area contributed by atoms with E-state index in [1.54, 1.807) is 49.2 Å². The van der Waals surface area contributed by atoms with E-state index in [1.807, 2.05) is 99.4 Å². The minimum Gasteiger partial charge on any atom is -0.497 e. The number of β-amino-alcohol motifs (C(OH)–C–C–N with tert-alkyl or cyclic N) is 1. The molecule has 2 aliphatic rings. The van der Waals surface area contributed by atoms with Gasteiger partial charge in [-0.1, -0.05) is 109 Å². The number of methoxy groups -OCH3 is 1. The fourth-order valence-corrected chi connectivity index (χ4v) is 12.0. The number of nitrogens with zero attached hydrogens (tertiary/aromatic N) is 6. The molecule has 0 saturated carbocycles. The first-order chi connectivity index (χ1) is 38.8. The Morgan fingerprint density at radius 2 is 1.56 bits per heavy atom. The van der Waals surface area contributed by atoms with Crippen molar-refractivity contribution in [2.45, 2.75) is 181 Å². The van der Waals surface area contributed by atoms with Crippen molar-refractivity contribution in [1.29, 1.82) is 0 Å². The SMILES string of the molecule is COc1cc(N2CCCc3cc(-c4cnn(CCCCCCCCCCCCCCC(=O)NC(C=O)C(C)(C)C)c4)c(C(F)F)cc32)c2cc(C)c(=O)n(C)c2c1.Cc1ncsc1-c1ccc(C(C)NC(=O)C2C[C@@H](O)CN2C)cc1. The van der Waals surface area contributed by atoms with Gasteiger partial charge in [0.05, 0.1) is 64.8 Å². The first-order valence-corrected chi connectivity index (χ1v) is 30.0. The summed E-state index contributed by atoms with van der Waals surface area (Å²) in [5.41, 5.74) is 9.92. The standard InChI is InChI=1S/C46H63F2N5O4.C18H23N3O2S/c1-32-24-38-40(51(5)45(32)56)26-35(57-6)27-41(38)53-23-19-20-33-25-36(37(44(47)48)28-39(33)53)34-29-49-52(30-34)22-18-16-14-12-10-8-7-9-11-13-15-17-21-43(55)50-42(31-54)46(2,3)4;1-11(20-18(23)16-8-15(22)9-21(16)3)13-4-6-14(7-5-13)17-12(2)19-10-24-17/h24-31,42,44H,7-23H2,1-6H3,(H,50,55);4-7,10-11,15-16,22H,8-9H2,1-3H3,(H,20,23)/t;11?,15-,16?/m.1/s1. The molecule has 8 rings (SSSR count). The Morgan fingerprint density at radius 1 is 0.889 bits per heavy atom. The number of nitrogens with one attached hydrogen (secondary N) is 2. The zero-order chi connectivity index (χ0) is 58.4. The molecule has 4 atom stereocenters. The highest BCUT2D eigenvalue weighted by Gasteiger charge is 2.34. The second kappa shape index (κ2) is 29.1. The molecule has 1 fully saturated rings. The Morgan fingerprint density at radius 3 is 2.15 bits per heavy atom. The summed E-state index contributed by atoms with van der Waals surface area (Å²) in [5, 5.41) is 21.0. The van der Waals surface area contributed by atoms with Gasteiger partial charge in [-0.2, -0.15) is 5.10 Å². The Kier molecular flexibility index (Phi) is 22.4. The molecule has 14 nitrogen and oxygen atoms in total. The summed E-state index contributed by atoms with van der Waals surface area (Å²) in [6.45, 7) is 13.6. The first kappa shape index (κ1) is 62.3. The van der Waals surface area contributed by atoms with Crippen LogP contribution >= 0.6 is 11.3 Å². The van der Waals surface area contributed by atoms with E-state index in [1.165, 1.54) is 49.8 Å². The van der Waals surface area contributed by atoms with E-state index < -0.39 is 18.6 Å². The number of unbranched alkanes of at least 4 members (excludes halogenated alkanes) is 11. The molecule has 5 heterocycles. The lowest BCUT2D eigenvalue weighted by atomic mass is 9.87. The van der Waals surface area contributed by atoms with Gasteiger partial charge < -0.3 is 34.7 Å². The highest BCUT2D eigenvalue weighted by Crippen LogP contribution is 2.44. The van der Waals surface area contributed by atoms with E-state index in [9.17, 15) is 33.1 Å². The van der Waals surface area contributed by atoms with Gasteiger partial charge in [0.2, 0.25) is 11.8 Å². The van der Waals surface area contributed by atoms with Crippen molar-refractivity contribution < 1.29 is 33.0 Å². The summed E-state index contributed by atoms with van der Waals surface area (Å²) in [6, 6.07) is 16.7. The monoisotopic (exact) mass is 1130 g/mol. The number of aliphatic hydroxyl groups excluding tert-OH is 1. The van der Waals surface area contributed by atoms with Crippen molar-refractivity contribution in [1.82, 2.24) is 34.9 Å². The molecule has 0 radical (unpaired) electrons. The van der Waals surface area contributed by atoms with Crippen LogP contribution < -0.4 is 25.8 Å². The third-order valence-corrected chi connectivity index (χ3v) is 17.1. The quantitative estimate of drug-likeness (QED) is 0.0371. The number of hydrogen-bond donors (Lipinski definition) is 3. The molecule has 6 aromatic rings. The minimum atomic E-state index is -2.66. The number of amides is 2. The highest BCUT2D eigenvalue weighted by atomic mass is 32.1. The van der Waals surface area contributed by atoms with Crippen LogP contribution in [0, 0.1) is 19.3 Å². The summed E-state index contributed by atoms with van der Waals surface area (Å²) < 4.78 is 38.7. The predicted octanol–water partition coefficient (Wildman–Crippen LogP) is 12.9.